The number of thioether (sulfide) groups is 1. The summed E-state index contributed by atoms with van der Waals surface area (Å²) in [7, 11) is 0. The van der Waals surface area contributed by atoms with Crippen LogP contribution in [-0.4, -0.2) is 10.1 Å². The van der Waals surface area contributed by atoms with Crippen molar-refractivity contribution >= 4 is 16.9 Å². The van der Waals surface area contributed by atoms with Gasteiger partial charge in [0.1, 0.15) is 11.6 Å². The van der Waals surface area contributed by atoms with Gasteiger partial charge in [-0.2, -0.15) is 5.26 Å². The molecule has 2 aromatic rings. The summed E-state index contributed by atoms with van der Waals surface area (Å²) >= 11 is 1.14. The predicted molar refractivity (Wildman–Crippen MR) is 72.8 cm³/mol. The molecule has 0 saturated carbocycles. The standard InChI is InChI=1S/C14H8N2O2S/c15-6-9-11(8-4-2-1-3-5-8)12-10(16-13(9)17)7-19-14(12)18/h1-5H,7H2,(H,16,17). The van der Waals surface area contributed by atoms with Crippen molar-refractivity contribution < 1.29 is 4.79 Å². The number of nitrogens with zero attached hydrogens (tertiary/aromatic N) is 1. The van der Waals surface area contributed by atoms with Crippen LogP contribution in [0, 0.1) is 11.3 Å². The van der Waals surface area contributed by atoms with Gasteiger partial charge in [0.2, 0.25) is 5.12 Å². The van der Waals surface area contributed by atoms with Crippen LogP contribution in [-0.2, 0) is 5.75 Å². The van der Waals surface area contributed by atoms with E-state index in [-0.39, 0.29) is 10.7 Å². The number of benzene rings is 1. The lowest BCUT2D eigenvalue weighted by Gasteiger charge is -2.08. The number of hydrogen-bond donors (Lipinski definition) is 1. The normalized spacial score (nSPS) is 13.1. The Morgan fingerprint density at radius 3 is 2.58 bits per heavy atom. The Morgan fingerprint density at radius 2 is 1.89 bits per heavy atom. The summed E-state index contributed by atoms with van der Waals surface area (Å²) in [5.41, 5.74) is 1.82. The molecule has 3 rings (SSSR count). The molecule has 0 bridgehead atoms. The van der Waals surface area contributed by atoms with E-state index in [4.69, 9.17) is 0 Å². The number of carbonyl (C=O) groups excluding carboxylic acids is 1. The molecule has 2 heterocycles. The smallest absolute Gasteiger partial charge is 0.266 e. The molecule has 1 aliphatic heterocycles. The third-order valence-electron chi connectivity index (χ3n) is 3.02. The molecule has 19 heavy (non-hydrogen) atoms. The summed E-state index contributed by atoms with van der Waals surface area (Å²) < 4.78 is 0. The molecular weight excluding hydrogens is 260 g/mol. The van der Waals surface area contributed by atoms with Gasteiger partial charge >= 0.3 is 0 Å². The van der Waals surface area contributed by atoms with E-state index in [2.05, 4.69) is 4.98 Å². The second-order valence-corrected chi connectivity index (χ2v) is 5.06. The van der Waals surface area contributed by atoms with E-state index in [0.29, 0.717) is 22.6 Å². The number of nitrogens with one attached hydrogen (secondary N) is 1. The first-order valence-corrected chi connectivity index (χ1v) is 6.62. The highest BCUT2D eigenvalue weighted by atomic mass is 32.2. The van der Waals surface area contributed by atoms with Crippen molar-refractivity contribution in [1.29, 1.82) is 5.26 Å². The number of aromatic amines is 1. The zero-order chi connectivity index (χ0) is 13.4. The van der Waals surface area contributed by atoms with Crippen molar-refractivity contribution in [3.8, 4) is 17.2 Å². The number of aromatic nitrogens is 1. The average molecular weight is 268 g/mol. The van der Waals surface area contributed by atoms with Crippen LogP contribution in [0.4, 0.5) is 0 Å². The third kappa shape index (κ3) is 1.77. The highest BCUT2D eigenvalue weighted by molar-refractivity contribution is 8.13. The molecule has 0 radical (unpaired) electrons. The van der Waals surface area contributed by atoms with Gasteiger partial charge in [0.05, 0.1) is 5.56 Å². The van der Waals surface area contributed by atoms with E-state index >= 15 is 0 Å². The summed E-state index contributed by atoms with van der Waals surface area (Å²) in [6.07, 6.45) is 0. The van der Waals surface area contributed by atoms with Crippen LogP contribution in [0.2, 0.25) is 0 Å². The molecule has 0 unspecified atom stereocenters. The zero-order valence-corrected chi connectivity index (χ0v) is 10.6. The lowest BCUT2D eigenvalue weighted by atomic mass is 9.95. The molecule has 92 valence electrons. The van der Waals surface area contributed by atoms with Crippen molar-refractivity contribution in [3.63, 3.8) is 0 Å². The minimum Gasteiger partial charge on any atom is -0.323 e. The Kier molecular flexibility index (Phi) is 2.73. The number of rotatable bonds is 1. The van der Waals surface area contributed by atoms with Gasteiger partial charge in [0.15, 0.2) is 0 Å². The molecule has 1 aliphatic rings. The largest absolute Gasteiger partial charge is 0.323 e. The van der Waals surface area contributed by atoms with Crippen molar-refractivity contribution in [2.45, 2.75) is 5.75 Å². The SMILES string of the molecule is N#Cc1c(-c2ccccc2)c2c([nH]c1=O)CSC2=O. The van der Waals surface area contributed by atoms with Gasteiger partial charge in [-0.25, -0.2) is 0 Å². The molecule has 5 heteroatoms. The molecule has 1 aromatic carbocycles. The van der Waals surface area contributed by atoms with Gasteiger partial charge < -0.3 is 4.98 Å². The van der Waals surface area contributed by atoms with Crippen molar-refractivity contribution in [2.75, 3.05) is 0 Å². The average Bonchev–Trinajstić information content (AvgIpc) is 2.79. The maximum Gasteiger partial charge on any atom is 0.266 e. The number of fused-ring (bicyclic) bond motifs is 1. The molecule has 1 aromatic heterocycles. The molecule has 0 spiro atoms. The Bertz CT molecular complexity index is 773. The van der Waals surface area contributed by atoms with E-state index in [1.807, 2.05) is 24.3 Å². The highest BCUT2D eigenvalue weighted by Gasteiger charge is 2.28. The van der Waals surface area contributed by atoms with E-state index in [1.165, 1.54) is 0 Å². The van der Waals surface area contributed by atoms with Crippen molar-refractivity contribution in [1.82, 2.24) is 4.98 Å². The Hall–Kier alpha value is -2.32. The van der Waals surface area contributed by atoms with Gasteiger partial charge in [0.25, 0.3) is 5.56 Å². The van der Waals surface area contributed by atoms with Crippen molar-refractivity contribution in [2.24, 2.45) is 0 Å². The summed E-state index contributed by atoms with van der Waals surface area (Å²) in [5, 5.41) is 9.09. The third-order valence-corrected chi connectivity index (χ3v) is 3.92. The summed E-state index contributed by atoms with van der Waals surface area (Å²) in [6.45, 7) is 0. The van der Waals surface area contributed by atoms with E-state index < -0.39 is 5.56 Å². The Balaban J connectivity index is 2.44. The second kappa shape index (κ2) is 4.41. The minimum atomic E-state index is -0.435. The summed E-state index contributed by atoms with van der Waals surface area (Å²) in [5.74, 6) is 0.453. The first kappa shape index (κ1) is 11.8. The van der Waals surface area contributed by atoms with E-state index in [9.17, 15) is 14.9 Å². The molecule has 0 saturated heterocycles. The van der Waals surface area contributed by atoms with Gasteiger partial charge in [-0.3, -0.25) is 9.59 Å². The summed E-state index contributed by atoms with van der Waals surface area (Å²) in [4.78, 5) is 26.5. The van der Waals surface area contributed by atoms with Gasteiger partial charge in [-0.1, -0.05) is 42.1 Å². The van der Waals surface area contributed by atoms with E-state index in [1.54, 1.807) is 12.1 Å². The topological polar surface area (TPSA) is 73.7 Å². The van der Waals surface area contributed by atoms with Gasteiger partial charge in [-0.15, -0.1) is 0 Å². The van der Waals surface area contributed by atoms with E-state index in [0.717, 1.165) is 17.3 Å². The van der Waals surface area contributed by atoms with Crippen molar-refractivity contribution in [3.05, 3.63) is 57.5 Å². The van der Waals surface area contributed by atoms with Crippen LogP contribution in [0.15, 0.2) is 35.1 Å². The number of pyridine rings is 1. The maximum atomic E-state index is 12.0. The molecule has 1 N–H and O–H groups in total. The number of carbonyl (C=O) groups is 1. The van der Waals surface area contributed by atoms with Crippen LogP contribution >= 0.6 is 11.8 Å². The Labute approximate surface area is 113 Å². The molecule has 0 aliphatic carbocycles. The highest BCUT2D eigenvalue weighted by Crippen LogP contribution is 2.36. The lowest BCUT2D eigenvalue weighted by molar-refractivity contribution is 0.109. The fourth-order valence-electron chi connectivity index (χ4n) is 2.20. The fourth-order valence-corrected chi connectivity index (χ4v) is 3.06. The van der Waals surface area contributed by atoms with Crippen LogP contribution in [0.1, 0.15) is 21.6 Å². The first-order valence-electron chi connectivity index (χ1n) is 5.64. The number of hydrogen-bond acceptors (Lipinski definition) is 4. The molecule has 0 amide bonds. The molecular formula is C14H8N2O2S. The molecule has 0 atom stereocenters. The molecule has 0 fully saturated rings. The molecule has 4 nitrogen and oxygen atoms in total. The van der Waals surface area contributed by atoms with Crippen LogP contribution in [0.25, 0.3) is 11.1 Å². The predicted octanol–water partition coefficient (Wildman–Crippen LogP) is 2.30. The number of H-pyrrole nitrogens is 1. The first-order chi connectivity index (χ1) is 9.22. The lowest BCUT2D eigenvalue weighted by Crippen LogP contribution is -2.16. The Morgan fingerprint density at radius 1 is 1.16 bits per heavy atom. The van der Waals surface area contributed by atoms with Crippen LogP contribution < -0.4 is 5.56 Å². The fraction of sp³-hybridized carbons (Fsp3) is 0.0714. The maximum absolute atomic E-state index is 12.0. The summed E-state index contributed by atoms with van der Waals surface area (Å²) in [6, 6.07) is 11.0. The number of nitriles is 1. The zero-order valence-electron chi connectivity index (χ0n) is 9.77. The minimum absolute atomic E-state index is 0.000741. The van der Waals surface area contributed by atoms with Gasteiger partial charge in [0, 0.05) is 17.0 Å². The van der Waals surface area contributed by atoms with Crippen LogP contribution in [0.5, 0.6) is 0 Å². The monoisotopic (exact) mass is 268 g/mol. The van der Waals surface area contributed by atoms with Crippen LogP contribution in [0.3, 0.4) is 0 Å². The second-order valence-electron chi connectivity index (χ2n) is 4.11. The van der Waals surface area contributed by atoms with Gasteiger partial charge in [-0.05, 0) is 5.56 Å². The quantitative estimate of drug-likeness (QED) is 0.861.